The Bertz CT molecular complexity index is 876. The number of oxazole rings is 1. The molecule has 3 aliphatic rings. The second kappa shape index (κ2) is 5.81. The van der Waals surface area contributed by atoms with Gasteiger partial charge in [0.05, 0.1) is 0 Å². The zero-order valence-electron chi connectivity index (χ0n) is 14.6. The van der Waals surface area contributed by atoms with Gasteiger partial charge in [-0.15, -0.1) is 0 Å². The summed E-state index contributed by atoms with van der Waals surface area (Å²) in [7, 11) is 0. The van der Waals surface area contributed by atoms with Gasteiger partial charge in [-0.25, -0.2) is 4.98 Å². The van der Waals surface area contributed by atoms with Crippen LogP contribution in [0.1, 0.15) is 37.5 Å². The number of nitrogens with zero attached hydrogens (tertiary/aromatic N) is 2. The summed E-state index contributed by atoms with van der Waals surface area (Å²) in [5, 5.41) is 5.79. The molecule has 3 saturated heterocycles. The van der Waals surface area contributed by atoms with E-state index in [1.165, 1.54) is 12.8 Å². The Labute approximate surface area is 151 Å². The lowest BCUT2D eigenvalue weighted by molar-refractivity contribution is -0.134. The van der Waals surface area contributed by atoms with E-state index in [-0.39, 0.29) is 11.8 Å². The smallest absolute Gasteiger partial charge is 0.239 e. The van der Waals surface area contributed by atoms with Crippen LogP contribution < -0.4 is 15.5 Å². The highest BCUT2D eigenvalue weighted by Gasteiger charge is 2.43. The Morgan fingerprint density at radius 3 is 2.77 bits per heavy atom. The molecule has 1 spiro atoms. The molecule has 3 fully saturated rings. The SMILES string of the molecule is O=C1CCC(c2nc3ccc(N4CC5(CCNCC5)C4)cc3o2)C(=O)N1. The third-order valence-corrected chi connectivity index (χ3v) is 6.01. The minimum atomic E-state index is -0.481. The molecular formula is C19H22N4O3. The van der Waals surface area contributed by atoms with Crippen LogP contribution in [0.4, 0.5) is 5.69 Å². The fourth-order valence-corrected chi connectivity index (χ4v) is 4.43. The molecular weight excluding hydrogens is 332 g/mol. The first-order chi connectivity index (χ1) is 12.6. The topological polar surface area (TPSA) is 87.5 Å². The molecule has 4 heterocycles. The molecule has 5 rings (SSSR count). The van der Waals surface area contributed by atoms with E-state index in [0.29, 0.717) is 29.7 Å². The average Bonchev–Trinajstić information content (AvgIpc) is 3.03. The van der Waals surface area contributed by atoms with E-state index in [1.807, 2.05) is 12.1 Å². The van der Waals surface area contributed by atoms with Crippen LogP contribution in [0.3, 0.4) is 0 Å². The van der Waals surface area contributed by atoms with Crippen LogP contribution in [0.5, 0.6) is 0 Å². The monoisotopic (exact) mass is 354 g/mol. The standard InChI is InChI=1S/C19H22N4O3/c24-16-4-2-13(17(25)22-16)18-21-14-3-1-12(9-15(14)26-18)23-10-19(11-23)5-7-20-8-6-19/h1,3,9,13,20H,2,4-8,10-11H2,(H,22,24,25). The Balaban J connectivity index is 1.36. The summed E-state index contributed by atoms with van der Waals surface area (Å²) in [6.45, 7) is 4.41. The molecule has 1 aromatic heterocycles. The van der Waals surface area contributed by atoms with Crippen molar-refractivity contribution in [2.24, 2.45) is 5.41 Å². The molecule has 26 heavy (non-hydrogen) atoms. The largest absolute Gasteiger partial charge is 0.440 e. The second-order valence-electron chi connectivity index (χ2n) is 7.81. The average molecular weight is 354 g/mol. The number of aromatic nitrogens is 1. The quantitative estimate of drug-likeness (QED) is 0.796. The summed E-state index contributed by atoms with van der Waals surface area (Å²) in [6, 6.07) is 6.05. The number of rotatable bonds is 2. The maximum Gasteiger partial charge on any atom is 0.239 e. The summed E-state index contributed by atoms with van der Waals surface area (Å²) in [5.41, 5.74) is 3.08. The number of fused-ring (bicyclic) bond motifs is 1. The van der Waals surface area contributed by atoms with Crippen molar-refractivity contribution in [1.29, 1.82) is 0 Å². The third-order valence-electron chi connectivity index (χ3n) is 6.01. The molecule has 7 heteroatoms. The highest BCUT2D eigenvalue weighted by atomic mass is 16.3. The van der Waals surface area contributed by atoms with E-state index in [9.17, 15) is 9.59 Å². The normalized spacial score (nSPS) is 25.4. The van der Waals surface area contributed by atoms with Crippen molar-refractivity contribution in [2.75, 3.05) is 31.1 Å². The Morgan fingerprint density at radius 1 is 1.19 bits per heavy atom. The van der Waals surface area contributed by atoms with Gasteiger partial charge in [0.2, 0.25) is 17.7 Å². The second-order valence-corrected chi connectivity index (χ2v) is 7.81. The van der Waals surface area contributed by atoms with E-state index in [0.717, 1.165) is 37.4 Å². The summed E-state index contributed by atoms with van der Waals surface area (Å²) >= 11 is 0. The van der Waals surface area contributed by atoms with Crippen molar-refractivity contribution in [2.45, 2.75) is 31.6 Å². The molecule has 0 aliphatic carbocycles. The number of carbonyl (C=O) groups excluding carboxylic acids is 2. The maximum atomic E-state index is 12.0. The van der Waals surface area contributed by atoms with Crippen molar-refractivity contribution < 1.29 is 14.0 Å². The molecule has 7 nitrogen and oxygen atoms in total. The van der Waals surface area contributed by atoms with Gasteiger partial charge in [0.25, 0.3) is 0 Å². The molecule has 2 aromatic rings. The number of amides is 2. The van der Waals surface area contributed by atoms with Crippen molar-refractivity contribution >= 4 is 28.6 Å². The van der Waals surface area contributed by atoms with E-state index in [4.69, 9.17) is 4.42 Å². The fraction of sp³-hybridized carbons (Fsp3) is 0.526. The summed E-state index contributed by atoms with van der Waals surface area (Å²) in [4.78, 5) is 30.2. The minimum absolute atomic E-state index is 0.228. The van der Waals surface area contributed by atoms with Crippen molar-refractivity contribution in [3.63, 3.8) is 0 Å². The number of piperidine rings is 2. The Hall–Kier alpha value is -2.41. The highest BCUT2D eigenvalue weighted by molar-refractivity contribution is 6.00. The lowest BCUT2D eigenvalue weighted by Gasteiger charge is -2.53. The van der Waals surface area contributed by atoms with E-state index < -0.39 is 5.92 Å². The van der Waals surface area contributed by atoms with E-state index in [2.05, 4.69) is 26.6 Å². The zero-order valence-corrected chi connectivity index (χ0v) is 14.6. The van der Waals surface area contributed by atoms with Crippen LogP contribution in [0.15, 0.2) is 22.6 Å². The molecule has 2 amide bonds. The molecule has 0 radical (unpaired) electrons. The Morgan fingerprint density at radius 2 is 2.00 bits per heavy atom. The number of hydrogen-bond acceptors (Lipinski definition) is 6. The molecule has 136 valence electrons. The van der Waals surface area contributed by atoms with Gasteiger partial charge in [-0.05, 0) is 44.5 Å². The first-order valence-corrected chi connectivity index (χ1v) is 9.32. The van der Waals surface area contributed by atoms with Crippen molar-refractivity contribution in [3.8, 4) is 0 Å². The first kappa shape index (κ1) is 15.8. The summed E-state index contributed by atoms with van der Waals surface area (Å²) in [6.07, 6.45) is 3.26. The van der Waals surface area contributed by atoms with Gasteiger partial charge in [0, 0.05) is 36.7 Å². The Kier molecular flexibility index (Phi) is 3.53. The van der Waals surface area contributed by atoms with E-state index >= 15 is 0 Å². The number of imide groups is 1. The minimum Gasteiger partial charge on any atom is -0.440 e. The van der Waals surface area contributed by atoms with Crippen molar-refractivity contribution in [1.82, 2.24) is 15.6 Å². The molecule has 2 N–H and O–H groups in total. The van der Waals surface area contributed by atoms with Gasteiger partial charge in [-0.2, -0.15) is 0 Å². The van der Waals surface area contributed by atoms with Crippen LogP contribution >= 0.6 is 0 Å². The third kappa shape index (κ3) is 2.58. The van der Waals surface area contributed by atoms with Crippen LogP contribution in [-0.2, 0) is 9.59 Å². The highest BCUT2D eigenvalue weighted by Crippen LogP contribution is 2.41. The fourth-order valence-electron chi connectivity index (χ4n) is 4.43. The van der Waals surface area contributed by atoms with E-state index in [1.54, 1.807) is 0 Å². The van der Waals surface area contributed by atoms with Gasteiger partial charge < -0.3 is 14.6 Å². The van der Waals surface area contributed by atoms with Gasteiger partial charge in [0.15, 0.2) is 5.58 Å². The molecule has 1 aromatic carbocycles. The van der Waals surface area contributed by atoms with Gasteiger partial charge in [-0.3, -0.25) is 14.9 Å². The van der Waals surface area contributed by atoms with Crippen molar-refractivity contribution in [3.05, 3.63) is 24.1 Å². The number of hydrogen-bond donors (Lipinski definition) is 2. The molecule has 1 unspecified atom stereocenters. The van der Waals surface area contributed by atoms with Gasteiger partial charge in [0.1, 0.15) is 11.4 Å². The molecule has 0 saturated carbocycles. The van der Waals surface area contributed by atoms with Gasteiger partial charge >= 0.3 is 0 Å². The van der Waals surface area contributed by atoms with Crippen LogP contribution in [-0.4, -0.2) is 43.0 Å². The number of benzene rings is 1. The molecule has 1 atom stereocenters. The lowest BCUT2D eigenvalue weighted by Crippen LogP contribution is -2.60. The van der Waals surface area contributed by atoms with Gasteiger partial charge in [-0.1, -0.05) is 0 Å². The summed E-state index contributed by atoms with van der Waals surface area (Å²) in [5.74, 6) is -0.621. The lowest BCUT2D eigenvalue weighted by atomic mass is 9.72. The molecule has 3 aliphatic heterocycles. The summed E-state index contributed by atoms with van der Waals surface area (Å²) < 4.78 is 5.89. The zero-order chi connectivity index (χ0) is 17.7. The number of nitrogens with one attached hydrogen (secondary N) is 2. The molecule has 0 bridgehead atoms. The number of carbonyl (C=O) groups is 2. The first-order valence-electron chi connectivity index (χ1n) is 9.32. The predicted octanol–water partition coefficient (Wildman–Crippen LogP) is 1.54. The van der Waals surface area contributed by atoms with Crippen LogP contribution in [0, 0.1) is 5.41 Å². The maximum absolute atomic E-state index is 12.0. The van der Waals surface area contributed by atoms with Crippen LogP contribution in [0.25, 0.3) is 11.1 Å². The number of anilines is 1. The van der Waals surface area contributed by atoms with Crippen LogP contribution in [0.2, 0.25) is 0 Å². The predicted molar refractivity (Wildman–Crippen MR) is 95.9 cm³/mol.